The Balaban J connectivity index is 1.95. The second-order valence-electron chi connectivity index (χ2n) is 5.82. The summed E-state index contributed by atoms with van der Waals surface area (Å²) in [5.41, 5.74) is 2.67. The Morgan fingerprint density at radius 3 is 2.67 bits per heavy atom. The highest BCUT2D eigenvalue weighted by Gasteiger charge is 2.19. The van der Waals surface area contributed by atoms with Gasteiger partial charge in [0.2, 0.25) is 0 Å². The molecule has 0 amide bonds. The fourth-order valence-electron chi connectivity index (χ4n) is 2.87. The molecule has 4 aromatic rings. The number of fused-ring (bicyclic) bond motifs is 1. The second kappa shape index (κ2) is 6.96. The lowest BCUT2D eigenvalue weighted by molar-refractivity contribution is 0.0566. The summed E-state index contributed by atoms with van der Waals surface area (Å²) < 4.78 is 27.0. The average Bonchev–Trinajstić information content (AvgIpc) is 3.24. The van der Waals surface area contributed by atoms with Crippen molar-refractivity contribution in [1.82, 2.24) is 14.8 Å². The van der Waals surface area contributed by atoms with Crippen LogP contribution in [0.3, 0.4) is 0 Å². The van der Waals surface area contributed by atoms with Crippen molar-refractivity contribution in [2.45, 2.75) is 6.55 Å². The number of hydrogen-bond acceptors (Lipinski definition) is 3. The summed E-state index contributed by atoms with van der Waals surface area (Å²) in [6, 6.07) is 14.8. The maximum atomic E-state index is 12.8. The molecular weight excluding hydrogens is 418 g/mol. The SMILES string of the molecule is Oc1[nH]c2ccc(Br)cc2c1C(=Nc1cnn(C(F)F)c1)c1ccccc1. The number of H-pyrrole nitrogens is 1. The van der Waals surface area contributed by atoms with Crippen LogP contribution in [0.4, 0.5) is 14.5 Å². The lowest BCUT2D eigenvalue weighted by Gasteiger charge is -2.07. The summed E-state index contributed by atoms with van der Waals surface area (Å²) in [6.07, 6.45) is 2.42. The average molecular weight is 431 g/mol. The molecule has 27 heavy (non-hydrogen) atoms. The van der Waals surface area contributed by atoms with Gasteiger partial charge < -0.3 is 10.1 Å². The highest BCUT2D eigenvalue weighted by molar-refractivity contribution is 9.10. The number of hydrogen-bond donors (Lipinski definition) is 2. The Kier molecular flexibility index (Phi) is 4.49. The van der Waals surface area contributed by atoms with E-state index in [1.54, 1.807) is 0 Å². The molecule has 4 rings (SSSR count). The molecule has 0 spiro atoms. The van der Waals surface area contributed by atoms with E-state index in [9.17, 15) is 13.9 Å². The molecule has 2 heterocycles. The summed E-state index contributed by atoms with van der Waals surface area (Å²) in [5, 5.41) is 14.9. The molecule has 2 aromatic carbocycles. The monoisotopic (exact) mass is 430 g/mol. The van der Waals surface area contributed by atoms with E-state index >= 15 is 0 Å². The Morgan fingerprint density at radius 2 is 1.96 bits per heavy atom. The molecule has 5 nitrogen and oxygen atoms in total. The van der Waals surface area contributed by atoms with E-state index in [-0.39, 0.29) is 11.6 Å². The fourth-order valence-corrected chi connectivity index (χ4v) is 3.23. The van der Waals surface area contributed by atoms with Gasteiger partial charge in [0.25, 0.3) is 0 Å². The summed E-state index contributed by atoms with van der Waals surface area (Å²) in [6.45, 7) is -2.74. The number of aromatic amines is 1. The number of rotatable bonds is 4. The van der Waals surface area contributed by atoms with Gasteiger partial charge in [0.15, 0.2) is 5.88 Å². The molecule has 2 aromatic heterocycles. The second-order valence-corrected chi connectivity index (χ2v) is 6.74. The lowest BCUT2D eigenvalue weighted by atomic mass is 10.0. The van der Waals surface area contributed by atoms with Crippen molar-refractivity contribution in [2.24, 2.45) is 4.99 Å². The van der Waals surface area contributed by atoms with Crippen molar-refractivity contribution in [3.63, 3.8) is 0 Å². The van der Waals surface area contributed by atoms with Crippen LogP contribution in [-0.4, -0.2) is 25.6 Å². The minimum Gasteiger partial charge on any atom is -0.494 e. The number of nitrogens with one attached hydrogen (secondary N) is 1. The number of aromatic hydroxyl groups is 1. The molecule has 136 valence electrons. The van der Waals surface area contributed by atoms with Crippen LogP contribution in [0.15, 0.2) is 70.4 Å². The minimum atomic E-state index is -2.74. The molecule has 0 aliphatic heterocycles. The van der Waals surface area contributed by atoms with Crippen LogP contribution in [0.2, 0.25) is 0 Å². The smallest absolute Gasteiger partial charge is 0.333 e. The van der Waals surface area contributed by atoms with Crippen molar-refractivity contribution in [3.05, 3.63) is 76.5 Å². The molecule has 0 atom stereocenters. The van der Waals surface area contributed by atoms with E-state index < -0.39 is 6.55 Å². The number of halogens is 3. The molecule has 0 radical (unpaired) electrons. The van der Waals surface area contributed by atoms with Crippen molar-refractivity contribution in [1.29, 1.82) is 0 Å². The van der Waals surface area contributed by atoms with Crippen LogP contribution in [0.5, 0.6) is 5.88 Å². The van der Waals surface area contributed by atoms with E-state index in [4.69, 9.17) is 0 Å². The predicted octanol–water partition coefficient (Wildman–Crippen LogP) is 5.40. The number of aromatic nitrogens is 3. The first-order valence-corrected chi connectivity index (χ1v) is 8.79. The van der Waals surface area contributed by atoms with Crippen LogP contribution >= 0.6 is 15.9 Å². The van der Waals surface area contributed by atoms with E-state index in [1.807, 2.05) is 48.5 Å². The third kappa shape index (κ3) is 3.35. The molecule has 0 aliphatic carbocycles. The van der Waals surface area contributed by atoms with Crippen LogP contribution < -0.4 is 0 Å². The molecule has 0 aliphatic rings. The van der Waals surface area contributed by atoms with E-state index in [0.29, 0.717) is 16.0 Å². The Hall–Kier alpha value is -3.00. The topological polar surface area (TPSA) is 66.2 Å². The standard InChI is InChI=1S/C19H13BrF2N4O/c20-12-6-7-15-14(8-12)16(18(27)25-15)17(11-4-2-1-3-5-11)24-13-9-23-26(10-13)19(21)22/h1-10,19,25,27H. The number of benzene rings is 2. The molecule has 0 bridgehead atoms. The largest absolute Gasteiger partial charge is 0.494 e. The first kappa shape index (κ1) is 17.4. The summed E-state index contributed by atoms with van der Waals surface area (Å²) >= 11 is 3.44. The first-order valence-electron chi connectivity index (χ1n) is 8.00. The maximum absolute atomic E-state index is 12.8. The minimum absolute atomic E-state index is 0.0491. The predicted molar refractivity (Wildman–Crippen MR) is 103 cm³/mol. The van der Waals surface area contributed by atoms with Crippen molar-refractivity contribution in [2.75, 3.05) is 0 Å². The van der Waals surface area contributed by atoms with Gasteiger partial charge in [-0.15, -0.1) is 0 Å². The van der Waals surface area contributed by atoms with Gasteiger partial charge in [-0.25, -0.2) is 9.67 Å². The zero-order valence-electron chi connectivity index (χ0n) is 13.8. The third-order valence-corrected chi connectivity index (χ3v) is 4.55. The van der Waals surface area contributed by atoms with Gasteiger partial charge in [-0.05, 0) is 18.2 Å². The zero-order valence-corrected chi connectivity index (χ0v) is 15.4. The van der Waals surface area contributed by atoms with Gasteiger partial charge in [-0.2, -0.15) is 13.9 Å². The Morgan fingerprint density at radius 1 is 1.19 bits per heavy atom. The van der Waals surface area contributed by atoms with Gasteiger partial charge in [-0.1, -0.05) is 46.3 Å². The molecule has 8 heteroatoms. The quantitative estimate of drug-likeness (QED) is 0.425. The molecule has 0 unspecified atom stereocenters. The Bertz CT molecular complexity index is 1140. The Labute approximate surface area is 161 Å². The van der Waals surface area contributed by atoms with Crippen LogP contribution in [0.25, 0.3) is 10.9 Å². The molecule has 2 N–H and O–H groups in total. The summed E-state index contributed by atoms with van der Waals surface area (Å²) in [7, 11) is 0. The normalized spacial score (nSPS) is 12.2. The summed E-state index contributed by atoms with van der Waals surface area (Å²) in [5.74, 6) is -0.0491. The third-order valence-electron chi connectivity index (χ3n) is 4.05. The molecule has 0 fully saturated rings. The van der Waals surface area contributed by atoms with Crippen molar-refractivity contribution >= 4 is 38.2 Å². The zero-order chi connectivity index (χ0) is 19.0. The van der Waals surface area contributed by atoms with Gasteiger partial charge in [0.1, 0.15) is 5.69 Å². The number of nitrogens with zero attached hydrogens (tertiary/aromatic N) is 3. The fraction of sp³-hybridized carbons (Fsp3) is 0.0526. The van der Waals surface area contributed by atoms with Gasteiger partial charge >= 0.3 is 6.55 Å². The van der Waals surface area contributed by atoms with Gasteiger partial charge in [0, 0.05) is 20.9 Å². The van der Waals surface area contributed by atoms with Crippen molar-refractivity contribution < 1.29 is 13.9 Å². The number of aliphatic imine (C=N–C) groups is 1. The van der Waals surface area contributed by atoms with E-state index in [2.05, 4.69) is 31.0 Å². The summed E-state index contributed by atoms with van der Waals surface area (Å²) in [4.78, 5) is 7.45. The first-order chi connectivity index (χ1) is 13.0. The maximum Gasteiger partial charge on any atom is 0.333 e. The molecule has 0 saturated carbocycles. The van der Waals surface area contributed by atoms with E-state index in [0.717, 1.165) is 27.1 Å². The van der Waals surface area contributed by atoms with Gasteiger partial charge in [0.05, 0.1) is 23.7 Å². The van der Waals surface area contributed by atoms with Crippen LogP contribution in [0.1, 0.15) is 17.7 Å². The van der Waals surface area contributed by atoms with Crippen LogP contribution in [0, 0.1) is 0 Å². The molecular formula is C19H13BrF2N4O. The number of alkyl halides is 2. The van der Waals surface area contributed by atoms with Crippen LogP contribution in [-0.2, 0) is 0 Å². The van der Waals surface area contributed by atoms with Gasteiger partial charge in [-0.3, -0.25) is 0 Å². The van der Waals surface area contributed by atoms with Crippen molar-refractivity contribution in [3.8, 4) is 5.88 Å². The molecule has 0 saturated heterocycles. The lowest BCUT2D eigenvalue weighted by Crippen LogP contribution is -2.02. The highest BCUT2D eigenvalue weighted by atomic mass is 79.9. The highest BCUT2D eigenvalue weighted by Crippen LogP contribution is 2.33. The van der Waals surface area contributed by atoms with E-state index in [1.165, 1.54) is 6.20 Å².